The minimum Gasteiger partial charge on any atom is -0.328 e. The summed E-state index contributed by atoms with van der Waals surface area (Å²) in [6.45, 7) is 5.08. The molecule has 3 heteroatoms. The lowest BCUT2D eigenvalue weighted by molar-refractivity contribution is -0.00835. The topological polar surface area (TPSA) is 47.3 Å². The van der Waals surface area contributed by atoms with Crippen molar-refractivity contribution in [1.82, 2.24) is 5.48 Å². The van der Waals surface area contributed by atoms with Crippen LogP contribution >= 0.6 is 0 Å². The van der Waals surface area contributed by atoms with Crippen molar-refractivity contribution in [2.45, 2.75) is 51.6 Å². The van der Waals surface area contributed by atoms with Gasteiger partial charge in [-0.1, -0.05) is 20.3 Å². The van der Waals surface area contributed by atoms with Crippen molar-refractivity contribution in [3.8, 4) is 0 Å². The number of nitrogens with two attached hydrogens (primary N) is 1. The first-order chi connectivity index (χ1) is 6.18. The van der Waals surface area contributed by atoms with Crippen LogP contribution in [0.3, 0.4) is 0 Å². The Morgan fingerprint density at radius 1 is 1.46 bits per heavy atom. The lowest BCUT2D eigenvalue weighted by atomic mass is 9.92. The molecule has 0 aliphatic heterocycles. The maximum atomic E-state index is 5.86. The van der Waals surface area contributed by atoms with E-state index < -0.39 is 0 Å². The zero-order valence-corrected chi connectivity index (χ0v) is 8.75. The van der Waals surface area contributed by atoms with Crippen molar-refractivity contribution in [2.24, 2.45) is 11.7 Å². The van der Waals surface area contributed by atoms with Gasteiger partial charge in [-0.15, -0.1) is 0 Å². The van der Waals surface area contributed by atoms with Gasteiger partial charge >= 0.3 is 0 Å². The first-order valence-corrected chi connectivity index (χ1v) is 5.31. The van der Waals surface area contributed by atoms with Gasteiger partial charge in [-0.3, -0.25) is 0 Å². The van der Waals surface area contributed by atoms with E-state index in [0.29, 0.717) is 18.0 Å². The standard InChI is InChI=1S/C10H22N2O/c1-8(2)7-13-12-10-5-3-4-9(11)6-10/h8-10,12H,3-7,11H2,1-2H3. The Kier molecular flexibility index (Phi) is 4.70. The Bertz CT molecular complexity index is 139. The molecule has 0 aromatic heterocycles. The van der Waals surface area contributed by atoms with E-state index in [9.17, 15) is 0 Å². The Hall–Kier alpha value is -0.120. The van der Waals surface area contributed by atoms with Crippen molar-refractivity contribution in [3.05, 3.63) is 0 Å². The molecular formula is C10H22N2O. The highest BCUT2D eigenvalue weighted by Gasteiger charge is 2.18. The molecule has 1 fully saturated rings. The molecule has 0 spiro atoms. The van der Waals surface area contributed by atoms with Crippen LogP contribution in [0.15, 0.2) is 0 Å². The van der Waals surface area contributed by atoms with Crippen LogP contribution in [0.5, 0.6) is 0 Å². The third kappa shape index (κ3) is 4.60. The smallest absolute Gasteiger partial charge is 0.0705 e. The SMILES string of the molecule is CC(C)CONC1CCCC(N)C1. The van der Waals surface area contributed by atoms with E-state index in [4.69, 9.17) is 10.6 Å². The molecule has 0 heterocycles. The predicted octanol–water partition coefficient (Wildman–Crippen LogP) is 1.43. The molecule has 0 aromatic carbocycles. The highest BCUT2D eigenvalue weighted by molar-refractivity contribution is 4.77. The van der Waals surface area contributed by atoms with Crippen molar-refractivity contribution < 1.29 is 4.84 Å². The van der Waals surface area contributed by atoms with Crippen LogP contribution in [0.1, 0.15) is 39.5 Å². The van der Waals surface area contributed by atoms with Gasteiger partial charge in [0.15, 0.2) is 0 Å². The molecule has 1 aliphatic carbocycles. The molecule has 3 N–H and O–H groups in total. The molecule has 78 valence electrons. The van der Waals surface area contributed by atoms with Crippen LogP contribution in [0, 0.1) is 5.92 Å². The summed E-state index contributed by atoms with van der Waals surface area (Å²) in [6.07, 6.45) is 4.65. The highest BCUT2D eigenvalue weighted by atomic mass is 16.6. The van der Waals surface area contributed by atoms with E-state index in [1.54, 1.807) is 0 Å². The second-order valence-corrected chi connectivity index (χ2v) is 4.45. The second-order valence-electron chi connectivity index (χ2n) is 4.45. The number of hydroxylamine groups is 1. The molecule has 1 rings (SSSR count). The van der Waals surface area contributed by atoms with E-state index in [1.165, 1.54) is 19.3 Å². The molecule has 0 bridgehead atoms. The number of rotatable bonds is 4. The molecule has 0 radical (unpaired) electrons. The summed E-state index contributed by atoms with van der Waals surface area (Å²) in [4.78, 5) is 5.38. The molecular weight excluding hydrogens is 164 g/mol. The Labute approximate surface area is 81.0 Å². The zero-order valence-electron chi connectivity index (χ0n) is 8.75. The summed E-state index contributed by atoms with van der Waals surface area (Å²) in [5, 5.41) is 0. The average molecular weight is 186 g/mol. The molecule has 1 saturated carbocycles. The lowest BCUT2D eigenvalue weighted by Crippen LogP contribution is -2.39. The Balaban J connectivity index is 2.06. The number of hydrogen-bond donors (Lipinski definition) is 2. The van der Waals surface area contributed by atoms with Crippen LogP contribution in [-0.4, -0.2) is 18.7 Å². The number of hydrogen-bond acceptors (Lipinski definition) is 3. The Morgan fingerprint density at radius 3 is 2.85 bits per heavy atom. The average Bonchev–Trinajstić information content (AvgIpc) is 2.03. The van der Waals surface area contributed by atoms with Crippen molar-refractivity contribution in [1.29, 1.82) is 0 Å². The van der Waals surface area contributed by atoms with Gasteiger partial charge in [-0.05, 0) is 25.2 Å². The summed E-state index contributed by atoms with van der Waals surface area (Å²) in [5.41, 5.74) is 8.96. The predicted molar refractivity (Wildman–Crippen MR) is 54.2 cm³/mol. The van der Waals surface area contributed by atoms with Crippen molar-refractivity contribution in [3.63, 3.8) is 0 Å². The van der Waals surface area contributed by atoms with Gasteiger partial charge in [0, 0.05) is 12.1 Å². The van der Waals surface area contributed by atoms with Crippen LogP contribution in [0.2, 0.25) is 0 Å². The first-order valence-electron chi connectivity index (χ1n) is 5.31. The quantitative estimate of drug-likeness (QED) is 0.653. The van der Waals surface area contributed by atoms with Crippen molar-refractivity contribution >= 4 is 0 Å². The summed E-state index contributed by atoms with van der Waals surface area (Å²) in [5.74, 6) is 0.588. The minimum absolute atomic E-state index is 0.369. The zero-order chi connectivity index (χ0) is 9.68. The van der Waals surface area contributed by atoms with Gasteiger partial charge in [-0.25, -0.2) is 0 Å². The second kappa shape index (κ2) is 5.58. The van der Waals surface area contributed by atoms with Gasteiger partial charge in [0.25, 0.3) is 0 Å². The maximum Gasteiger partial charge on any atom is 0.0705 e. The largest absolute Gasteiger partial charge is 0.328 e. The molecule has 0 aromatic rings. The van der Waals surface area contributed by atoms with Gasteiger partial charge in [-0.2, -0.15) is 5.48 Å². The van der Waals surface area contributed by atoms with Crippen LogP contribution < -0.4 is 11.2 Å². The molecule has 13 heavy (non-hydrogen) atoms. The van der Waals surface area contributed by atoms with E-state index in [1.807, 2.05) is 0 Å². The minimum atomic E-state index is 0.369. The monoisotopic (exact) mass is 186 g/mol. The van der Waals surface area contributed by atoms with E-state index in [-0.39, 0.29) is 0 Å². The van der Waals surface area contributed by atoms with E-state index in [2.05, 4.69) is 19.3 Å². The lowest BCUT2D eigenvalue weighted by Gasteiger charge is -2.27. The molecule has 1 aliphatic rings. The fourth-order valence-electron chi connectivity index (χ4n) is 1.67. The Morgan fingerprint density at radius 2 is 2.23 bits per heavy atom. The van der Waals surface area contributed by atoms with Gasteiger partial charge in [0.2, 0.25) is 0 Å². The molecule has 0 saturated heterocycles. The van der Waals surface area contributed by atoms with Gasteiger partial charge in [0.05, 0.1) is 6.61 Å². The molecule has 2 atom stereocenters. The molecule has 2 unspecified atom stereocenters. The fraction of sp³-hybridized carbons (Fsp3) is 1.00. The van der Waals surface area contributed by atoms with Crippen molar-refractivity contribution in [2.75, 3.05) is 6.61 Å². The summed E-state index contributed by atoms with van der Waals surface area (Å²) in [6, 6.07) is 0.844. The molecule has 3 nitrogen and oxygen atoms in total. The fourth-order valence-corrected chi connectivity index (χ4v) is 1.67. The third-order valence-corrected chi connectivity index (χ3v) is 2.38. The highest BCUT2D eigenvalue weighted by Crippen LogP contribution is 2.16. The third-order valence-electron chi connectivity index (χ3n) is 2.38. The van der Waals surface area contributed by atoms with Gasteiger partial charge < -0.3 is 10.6 Å². The van der Waals surface area contributed by atoms with E-state index in [0.717, 1.165) is 13.0 Å². The van der Waals surface area contributed by atoms with Crippen LogP contribution in [0.4, 0.5) is 0 Å². The summed E-state index contributed by atoms with van der Waals surface area (Å²) in [7, 11) is 0. The summed E-state index contributed by atoms with van der Waals surface area (Å²) >= 11 is 0. The summed E-state index contributed by atoms with van der Waals surface area (Å²) < 4.78 is 0. The van der Waals surface area contributed by atoms with Crippen LogP contribution in [-0.2, 0) is 4.84 Å². The first kappa shape index (κ1) is 11.0. The number of nitrogens with one attached hydrogen (secondary N) is 1. The van der Waals surface area contributed by atoms with E-state index >= 15 is 0 Å². The van der Waals surface area contributed by atoms with Crippen LogP contribution in [0.25, 0.3) is 0 Å². The maximum absolute atomic E-state index is 5.86. The normalized spacial score (nSPS) is 29.5. The molecule has 0 amide bonds. The van der Waals surface area contributed by atoms with Gasteiger partial charge in [0.1, 0.15) is 0 Å².